The minimum absolute atomic E-state index is 0.188. The van der Waals surface area contributed by atoms with E-state index in [4.69, 9.17) is 4.52 Å². The van der Waals surface area contributed by atoms with Gasteiger partial charge in [-0.05, 0) is 18.9 Å². The fraction of sp³-hybridized carbons (Fsp3) is 0.389. The standard InChI is InChI=1S/C18H21N5O3/c1-11(2)10-23-18(25)14-7-5-4-6-13(14)16(21-23)17(24)19-9-8-15-20-12(3)22-26-15/h4-7,11H,8-10H2,1-3H3,(H,19,24). The van der Waals surface area contributed by atoms with Crippen LogP contribution in [0.25, 0.3) is 10.8 Å². The number of fused-ring (bicyclic) bond motifs is 1. The molecule has 0 aliphatic carbocycles. The third-order valence-corrected chi connectivity index (χ3v) is 3.81. The van der Waals surface area contributed by atoms with Gasteiger partial charge in [-0.3, -0.25) is 9.59 Å². The molecule has 1 amide bonds. The van der Waals surface area contributed by atoms with E-state index in [0.717, 1.165) is 0 Å². The number of aryl methyl sites for hydroxylation is 1. The van der Waals surface area contributed by atoms with Gasteiger partial charge in [-0.15, -0.1) is 0 Å². The number of benzene rings is 1. The van der Waals surface area contributed by atoms with E-state index < -0.39 is 0 Å². The van der Waals surface area contributed by atoms with Gasteiger partial charge in [-0.2, -0.15) is 10.1 Å². The Morgan fingerprint density at radius 2 is 2.00 bits per heavy atom. The molecule has 1 aromatic carbocycles. The third-order valence-electron chi connectivity index (χ3n) is 3.81. The van der Waals surface area contributed by atoms with Crippen molar-refractivity contribution in [3.63, 3.8) is 0 Å². The first-order chi connectivity index (χ1) is 12.5. The molecular formula is C18H21N5O3. The average Bonchev–Trinajstić information content (AvgIpc) is 3.02. The van der Waals surface area contributed by atoms with Crippen molar-refractivity contribution in [3.8, 4) is 0 Å². The van der Waals surface area contributed by atoms with Crippen LogP contribution < -0.4 is 10.9 Å². The number of aromatic nitrogens is 4. The second-order valence-corrected chi connectivity index (χ2v) is 6.52. The summed E-state index contributed by atoms with van der Waals surface area (Å²) >= 11 is 0. The van der Waals surface area contributed by atoms with Gasteiger partial charge in [0.25, 0.3) is 11.5 Å². The van der Waals surface area contributed by atoms with Crippen LogP contribution in [-0.2, 0) is 13.0 Å². The predicted molar refractivity (Wildman–Crippen MR) is 95.9 cm³/mol. The highest BCUT2D eigenvalue weighted by Crippen LogP contribution is 2.13. The number of rotatable bonds is 6. The van der Waals surface area contributed by atoms with Gasteiger partial charge in [0, 0.05) is 24.9 Å². The summed E-state index contributed by atoms with van der Waals surface area (Å²) in [7, 11) is 0. The molecule has 136 valence electrons. The molecule has 3 aromatic rings. The van der Waals surface area contributed by atoms with Crippen molar-refractivity contribution in [2.45, 2.75) is 33.7 Å². The van der Waals surface area contributed by atoms with Crippen LogP contribution in [0.5, 0.6) is 0 Å². The van der Waals surface area contributed by atoms with Crippen molar-refractivity contribution in [2.75, 3.05) is 6.54 Å². The van der Waals surface area contributed by atoms with Gasteiger partial charge in [0.2, 0.25) is 5.89 Å². The lowest BCUT2D eigenvalue weighted by Crippen LogP contribution is -2.32. The van der Waals surface area contributed by atoms with Crippen molar-refractivity contribution in [1.82, 2.24) is 25.2 Å². The number of hydrogen-bond acceptors (Lipinski definition) is 6. The first-order valence-corrected chi connectivity index (χ1v) is 8.53. The van der Waals surface area contributed by atoms with Gasteiger partial charge in [0.05, 0.1) is 5.39 Å². The van der Waals surface area contributed by atoms with Crippen LogP contribution in [0.2, 0.25) is 0 Å². The van der Waals surface area contributed by atoms with Gasteiger partial charge in [-0.25, -0.2) is 4.68 Å². The number of nitrogens with one attached hydrogen (secondary N) is 1. The molecule has 0 spiro atoms. The average molecular weight is 355 g/mol. The Labute approximate surface area is 150 Å². The largest absolute Gasteiger partial charge is 0.350 e. The van der Waals surface area contributed by atoms with Crippen LogP contribution in [0.15, 0.2) is 33.6 Å². The van der Waals surface area contributed by atoms with E-state index in [0.29, 0.717) is 42.0 Å². The molecule has 8 heteroatoms. The lowest BCUT2D eigenvalue weighted by atomic mass is 10.1. The van der Waals surface area contributed by atoms with Crippen molar-refractivity contribution in [1.29, 1.82) is 0 Å². The molecule has 26 heavy (non-hydrogen) atoms. The highest BCUT2D eigenvalue weighted by Gasteiger charge is 2.17. The smallest absolute Gasteiger partial charge is 0.274 e. The summed E-state index contributed by atoms with van der Waals surface area (Å²) in [6.07, 6.45) is 0.427. The van der Waals surface area contributed by atoms with Crippen LogP contribution in [0.1, 0.15) is 36.1 Å². The molecular weight excluding hydrogens is 334 g/mol. The zero-order valence-electron chi connectivity index (χ0n) is 15.0. The highest BCUT2D eigenvalue weighted by molar-refractivity contribution is 6.04. The van der Waals surface area contributed by atoms with Crippen LogP contribution in [0.3, 0.4) is 0 Å². The Balaban J connectivity index is 1.86. The second-order valence-electron chi connectivity index (χ2n) is 6.52. The molecule has 2 heterocycles. The zero-order valence-corrected chi connectivity index (χ0v) is 15.0. The maximum Gasteiger partial charge on any atom is 0.274 e. The van der Waals surface area contributed by atoms with E-state index in [1.54, 1.807) is 31.2 Å². The minimum Gasteiger partial charge on any atom is -0.350 e. The zero-order chi connectivity index (χ0) is 18.7. The lowest BCUT2D eigenvalue weighted by Gasteiger charge is -2.12. The summed E-state index contributed by atoms with van der Waals surface area (Å²) in [6, 6.07) is 7.02. The second kappa shape index (κ2) is 7.47. The fourth-order valence-corrected chi connectivity index (χ4v) is 2.68. The van der Waals surface area contributed by atoms with Crippen molar-refractivity contribution >= 4 is 16.7 Å². The number of hydrogen-bond donors (Lipinski definition) is 1. The number of carbonyl (C=O) groups is 1. The number of nitrogens with zero attached hydrogens (tertiary/aromatic N) is 4. The molecule has 1 N–H and O–H groups in total. The quantitative estimate of drug-likeness (QED) is 0.722. The Kier molecular flexibility index (Phi) is 5.11. The third kappa shape index (κ3) is 3.79. The van der Waals surface area contributed by atoms with E-state index in [2.05, 4.69) is 20.6 Å². The first-order valence-electron chi connectivity index (χ1n) is 8.53. The summed E-state index contributed by atoms with van der Waals surface area (Å²) in [5.74, 6) is 0.915. The molecule has 8 nitrogen and oxygen atoms in total. The van der Waals surface area contributed by atoms with Crippen molar-refractivity contribution in [2.24, 2.45) is 5.92 Å². The van der Waals surface area contributed by atoms with E-state index in [1.165, 1.54) is 4.68 Å². The number of amides is 1. The monoisotopic (exact) mass is 355 g/mol. The first kappa shape index (κ1) is 17.8. The molecule has 0 fully saturated rings. The van der Waals surface area contributed by atoms with Gasteiger partial charge in [0.15, 0.2) is 11.5 Å². The Hall–Kier alpha value is -3.03. The number of carbonyl (C=O) groups excluding carboxylic acids is 1. The summed E-state index contributed by atoms with van der Waals surface area (Å²) in [5, 5.41) is 11.9. The summed E-state index contributed by atoms with van der Waals surface area (Å²) in [5.41, 5.74) is 0.0507. The molecule has 0 saturated carbocycles. The summed E-state index contributed by atoms with van der Waals surface area (Å²) in [6.45, 7) is 6.51. The minimum atomic E-state index is -0.338. The molecule has 0 atom stereocenters. The maximum atomic E-state index is 12.6. The van der Waals surface area contributed by atoms with Gasteiger partial charge >= 0.3 is 0 Å². The summed E-state index contributed by atoms with van der Waals surface area (Å²) in [4.78, 5) is 29.3. The van der Waals surface area contributed by atoms with Gasteiger partial charge in [-0.1, -0.05) is 37.2 Å². The van der Waals surface area contributed by atoms with E-state index >= 15 is 0 Å². The lowest BCUT2D eigenvalue weighted by molar-refractivity contribution is 0.0947. The molecule has 0 unspecified atom stereocenters. The van der Waals surface area contributed by atoms with E-state index in [-0.39, 0.29) is 23.1 Å². The maximum absolute atomic E-state index is 12.6. The highest BCUT2D eigenvalue weighted by atomic mass is 16.5. The molecule has 0 aliphatic rings. The Bertz CT molecular complexity index is 990. The SMILES string of the molecule is Cc1noc(CCNC(=O)c2nn(CC(C)C)c(=O)c3ccccc23)n1. The van der Waals surface area contributed by atoms with Crippen LogP contribution >= 0.6 is 0 Å². The fourth-order valence-electron chi connectivity index (χ4n) is 2.68. The topological polar surface area (TPSA) is 103 Å². The Morgan fingerprint density at radius 3 is 2.65 bits per heavy atom. The van der Waals surface area contributed by atoms with Gasteiger partial charge in [0.1, 0.15) is 0 Å². The molecule has 2 aromatic heterocycles. The van der Waals surface area contributed by atoms with Crippen molar-refractivity contribution < 1.29 is 9.32 Å². The van der Waals surface area contributed by atoms with Crippen molar-refractivity contribution in [3.05, 3.63) is 52.0 Å². The Morgan fingerprint density at radius 1 is 1.27 bits per heavy atom. The predicted octanol–water partition coefficient (Wildman–Crippen LogP) is 1.72. The summed E-state index contributed by atoms with van der Waals surface area (Å²) < 4.78 is 6.39. The molecule has 0 saturated heterocycles. The molecule has 0 radical (unpaired) electrons. The molecule has 0 bridgehead atoms. The molecule has 0 aliphatic heterocycles. The molecule has 3 rings (SSSR count). The van der Waals surface area contributed by atoms with Crippen LogP contribution in [0, 0.1) is 12.8 Å². The van der Waals surface area contributed by atoms with Crippen LogP contribution in [0.4, 0.5) is 0 Å². The normalized spacial score (nSPS) is 11.2. The van der Waals surface area contributed by atoms with E-state index in [9.17, 15) is 9.59 Å². The van der Waals surface area contributed by atoms with E-state index in [1.807, 2.05) is 13.8 Å². The van der Waals surface area contributed by atoms with Crippen LogP contribution in [-0.4, -0.2) is 32.4 Å². The van der Waals surface area contributed by atoms with Gasteiger partial charge < -0.3 is 9.84 Å².